The van der Waals surface area contributed by atoms with Gasteiger partial charge < -0.3 is 14.5 Å². The van der Waals surface area contributed by atoms with Gasteiger partial charge in [-0.3, -0.25) is 9.69 Å². The molecule has 5 nitrogen and oxygen atoms in total. The van der Waals surface area contributed by atoms with Crippen LogP contribution in [0.25, 0.3) is 11.1 Å². The van der Waals surface area contributed by atoms with E-state index in [1.165, 1.54) is 23.0 Å². The molecule has 0 aliphatic carbocycles. The van der Waals surface area contributed by atoms with Crippen molar-refractivity contribution in [2.24, 2.45) is 0 Å². The van der Waals surface area contributed by atoms with Gasteiger partial charge >= 0.3 is 0 Å². The summed E-state index contributed by atoms with van der Waals surface area (Å²) < 4.78 is 11.6. The molecule has 0 unspecified atom stereocenters. The summed E-state index contributed by atoms with van der Waals surface area (Å²) in [6.07, 6.45) is 5.79. The highest BCUT2D eigenvalue weighted by Crippen LogP contribution is 2.39. The van der Waals surface area contributed by atoms with Crippen LogP contribution in [0.3, 0.4) is 0 Å². The Morgan fingerprint density at radius 1 is 0.938 bits per heavy atom. The van der Waals surface area contributed by atoms with E-state index >= 15 is 0 Å². The number of furan rings is 1. The predicted octanol–water partition coefficient (Wildman–Crippen LogP) is 4.89. The number of carbonyl (C=O) groups is 1. The van der Waals surface area contributed by atoms with E-state index in [2.05, 4.69) is 58.7 Å². The lowest BCUT2D eigenvalue weighted by Gasteiger charge is -2.39. The maximum Gasteiger partial charge on any atom is 0.287 e. The standard InChI is InChI=1S/C27H30N2O3/c30-26(25-7-4-18-31-25)28-19-24-12-13-27(32-24)14-16-29(17-15-27)20-21-8-10-23(11-9-21)22-5-2-1-3-6-22/h1-11,18,24H,12-17,19-20H2,(H,28,30)/t24-/m0/s1. The van der Waals surface area contributed by atoms with Crippen molar-refractivity contribution < 1.29 is 13.9 Å². The zero-order valence-corrected chi connectivity index (χ0v) is 18.3. The highest BCUT2D eigenvalue weighted by molar-refractivity contribution is 5.91. The average Bonchev–Trinajstić information content (AvgIpc) is 3.51. The molecule has 1 atom stereocenters. The Balaban J connectivity index is 1.09. The van der Waals surface area contributed by atoms with Gasteiger partial charge in [-0.15, -0.1) is 0 Å². The minimum absolute atomic E-state index is 0.0201. The fourth-order valence-electron chi connectivity index (χ4n) is 4.92. The van der Waals surface area contributed by atoms with Crippen molar-refractivity contribution in [1.82, 2.24) is 10.2 Å². The number of hydrogen-bond donors (Lipinski definition) is 1. The molecule has 0 radical (unpaired) electrons. The van der Waals surface area contributed by atoms with Gasteiger partial charge in [0.15, 0.2) is 5.76 Å². The van der Waals surface area contributed by atoms with Gasteiger partial charge in [0.2, 0.25) is 0 Å². The molecule has 2 aliphatic rings. The number of ether oxygens (including phenoxy) is 1. The molecule has 0 saturated carbocycles. The molecule has 2 fully saturated rings. The molecule has 1 aromatic heterocycles. The molecular formula is C27H30N2O3. The quantitative estimate of drug-likeness (QED) is 0.605. The van der Waals surface area contributed by atoms with Gasteiger partial charge in [-0.05, 0) is 54.5 Å². The van der Waals surface area contributed by atoms with Gasteiger partial charge in [-0.1, -0.05) is 54.6 Å². The van der Waals surface area contributed by atoms with Crippen molar-refractivity contribution in [2.45, 2.75) is 43.9 Å². The molecule has 3 aromatic rings. The van der Waals surface area contributed by atoms with Gasteiger partial charge in [0.05, 0.1) is 18.0 Å². The van der Waals surface area contributed by atoms with Crippen LogP contribution in [0.2, 0.25) is 0 Å². The molecule has 1 amide bonds. The van der Waals surface area contributed by atoms with E-state index in [0.29, 0.717) is 12.3 Å². The third-order valence-electron chi connectivity index (χ3n) is 6.81. The van der Waals surface area contributed by atoms with Gasteiger partial charge in [-0.2, -0.15) is 0 Å². The zero-order valence-electron chi connectivity index (χ0n) is 18.3. The molecule has 1 N–H and O–H groups in total. The van der Waals surface area contributed by atoms with Crippen LogP contribution >= 0.6 is 0 Å². The molecule has 2 aromatic carbocycles. The first kappa shape index (κ1) is 21.0. The summed E-state index contributed by atoms with van der Waals surface area (Å²) in [5.74, 6) is 0.176. The van der Waals surface area contributed by atoms with Gasteiger partial charge in [-0.25, -0.2) is 0 Å². The van der Waals surface area contributed by atoms with Gasteiger partial charge in [0.1, 0.15) is 0 Å². The number of carbonyl (C=O) groups excluding carboxylic acids is 1. The molecule has 32 heavy (non-hydrogen) atoms. The first-order valence-electron chi connectivity index (χ1n) is 11.6. The van der Waals surface area contributed by atoms with Crippen LogP contribution in [0.1, 0.15) is 41.8 Å². The molecule has 2 aliphatic heterocycles. The number of nitrogens with zero attached hydrogens (tertiary/aromatic N) is 1. The highest BCUT2D eigenvalue weighted by atomic mass is 16.5. The monoisotopic (exact) mass is 430 g/mol. The lowest BCUT2D eigenvalue weighted by atomic mass is 9.88. The Hall–Kier alpha value is -2.89. The number of likely N-dealkylation sites (tertiary alicyclic amines) is 1. The SMILES string of the molecule is O=C(NC[C@@H]1CCC2(CCN(Cc3ccc(-c4ccccc4)cc3)CC2)O1)c1ccco1. The number of piperidine rings is 1. The minimum Gasteiger partial charge on any atom is -0.459 e. The summed E-state index contributed by atoms with van der Waals surface area (Å²) in [4.78, 5) is 14.6. The normalized spacial score (nSPS) is 20.4. The van der Waals surface area contributed by atoms with Crippen LogP contribution in [0.15, 0.2) is 77.4 Å². The number of hydrogen-bond acceptors (Lipinski definition) is 4. The second-order valence-corrected chi connectivity index (χ2v) is 8.99. The summed E-state index contributed by atoms with van der Waals surface area (Å²) in [5, 5.41) is 2.94. The summed E-state index contributed by atoms with van der Waals surface area (Å²) in [6, 6.07) is 22.8. The van der Waals surface area contributed by atoms with Crippen LogP contribution in [0, 0.1) is 0 Å². The molecule has 2 saturated heterocycles. The molecule has 1 spiro atoms. The van der Waals surface area contributed by atoms with Crippen molar-refractivity contribution in [3.05, 3.63) is 84.3 Å². The Morgan fingerprint density at radius 3 is 2.41 bits per heavy atom. The molecule has 166 valence electrons. The fraction of sp³-hybridized carbons (Fsp3) is 0.370. The van der Waals surface area contributed by atoms with Gasteiger partial charge in [0.25, 0.3) is 5.91 Å². The molecule has 3 heterocycles. The van der Waals surface area contributed by atoms with E-state index in [1.807, 2.05) is 6.07 Å². The Morgan fingerprint density at radius 2 is 1.69 bits per heavy atom. The van der Waals surface area contributed by atoms with E-state index < -0.39 is 0 Å². The van der Waals surface area contributed by atoms with Crippen molar-refractivity contribution in [2.75, 3.05) is 19.6 Å². The van der Waals surface area contributed by atoms with Crippen molar-refractivity contribution in [3.8, 4) is 11.1 Å². The smallest absolute Gasteiger partial charge is 0.287 e. The first-order valence-corrected chi connectivity index (χ1v) is 11.6. The van der Waals surface area contributed by atoms with Gasteiger partial charge in [0, 0.05) is 26.2 Å². The number of benzene rings is 2. The second-order valence-electron chi connectivity index (χ2n) is 8.99. The Kier molecular flexibility index (Phi) is 6.10. The van der Waals surface area contributed by atoms with Crippen LogP contribution in [0.5, 0.6) is 0 Å². The van der Waals surface area contributed by atoms with Crippen LogP contribution in [-0.2, 0) is 11.3 Å². The Bertz CT molecular complexity index is 1010. The summed E-state index contributed by atoms with van der Waals surface area (Å²) in [6.45, 7) is 3.62. The van der Waals surface area contributed by atoms with Crippen molar-refractivity contribution >= 4 is 5.91 Å². The summed E-state index contributed by atoms with van der Waals surface area (Å²) in [7, 11) is 0. The summed E-state index contributed by atoms with van der Waals surface area (Å²) >= 11 is 0. The number of nitrogens with one attached hydrogen (secondary N) is 1. The van der Waals surface area contributed by atoms with E-state index in [4.69, 9.17) is 9.15 Å². The topological polar surface area (TPSA) is 54.7 Å². The predicted molar refractivity (Wildman–Crippen MR) is 124 cm³/mol. The van der Waals surface area contributed by atoms with E-state index in [9.17, 15) is 4.79 Å². The second kappa shape index (κ2) is 9.31. The van der Waals surface area contributed by atoms with Crippen molar-refractivity contribution in [1.29, 1.82) is 0 Å². The molecule has 5 rings (SSSR count). The molecule has 5 heteroatoms. The zero-order chi connectivity index (χ0) is 21.8. The lowest BCUT2D eigenvalue weighted by molar-refractivity contribution is -0.0764. The minimum atomic E-state index is -0.173. The molecule has 0 bridgehead atoms. The maximum atomic E-state index is 12.1. The van der Waals surface area contributed by atoms with Crippen LogP contribution in [-0.4, -0.2) is 42.1 Å². The number of amides is 1. The Labute approximate surface area is 189 Å². The first-order chi connectivity index (χ1) is 15.7. The third-order valence-corrected chi connectivity index (χ3v) is 6.81. The van der Waals surface area contributed by atoms with E-state index in [0.717, 1.165) is 45.3 Å². The van der Waals surface area contributed by atoms with E-state index in [-0.39, 0.29) is 17.6 Å². The van der Waals surface area contributed by atoms with Crippen molar-refractivity contribution in [3.63, 3.8) is 0 Å². The fourth-order valence-corrected chi connectivity index (χ4v) is 4.92. The maximum absolute atomic E-state index is 12.1. The average molecular weight is 431 g/mol. The van der Waals surface area contributed by atoms with E-state index in [1.54, 1.807) is 12.1 Å². The lowest BCUT2D eigenvalue weighted by Crippen LogP contribution is -2.44. The van der Waals surface area contributed by atoms with Crippen LogP contribution in [0.4, 0.5) is 0 Å². The van der Waals surface area contributed by atoms with Crippen LogP contribution < -0.4 is 5.32 Å². The number of rotatable bonds is 6. The highest BCUT2D eigenvalue weighted by Gasteiger charge is 2.42. The third kappa shape index (κ3) is 4.79. The summed E-state index contributed by atoms with van der Waals surface area (Å²) in [5.41, 5.74) is 3.85. The molecular weight excluding hydrogens is 400 g/mol. The largest absolute Gasteiger partial charge is 0.459 e.